The summed E-state index contributed by atoms with van der Waals surface area (Å²) in [6.45, 7) is 3.32. The highest BCUT2D eigenvalue weighted by molar-refractivity contribution is 5.97. The van der Waals surface area contributed by atoms with Crippen molar-refractivity contribution >= 4 is 17.5 Å². The molecule has 0 saturated carbocycles. The Morgan fingerprint density at radius 3 is 2.35 bits per heavy atom. The maximum Gasteiger partial charge on any atom is 0.229 e. The van der Waals surface area contributed by atoms with Gasteiger partial charge in [-0.2, -0.15) is 0 Å². The fourth-order valence-corrected chi connectivity index (χ4v) is 3.11. The fourth-order valence-electron chi connectivity index (χ4n) is 3.11. The van der Waals surface area contributed by atoms with E-state index in [0.717, 1.165) is 25.8 Å². The third-order valence-corrected chi connectivity index (χ3v) is 4.55. The van der Waals surface area contributed by atoms with E-state index < -0.39 is 0 Å². The molecule has 144 valence electrons. The number of benzene rings is 1. The highest BCUT2D eigenvalue weighted by atomic mass is 16.5. The Kier molecular flexibility index (Phi) is 7.12. The molecule has 7 heteroatoms. The van der Waals surface area contributed by atoms with Crippen molar-refractivity contribution in [3.05, 3.63) is 12.1 Å². The second-order valence-corrected chi connectivity index (χ2v) is 6.35. The third-order valence-electron chi connectivity index (χ3n) is 4.55. The van der Waals surface area contributed by atoms with Crippen LogP contribution in [0.3, 0.4) is 0 Å². The Morgan fingerprint density at radius 2 is 1.81 bits per heavy atom. The summed E-state index contributed by atoms with van der Waals surface area (Å²) in [5.74, 6) is 0.919. The van der Waals surface area contributed by atoms with Crippen LogP contribution in [0.4, 0.5) is 5.69 Å². The summed E-state index contributed by atoms with van der Waals surface area (Å²) in [5.41, 5.74) is 0.543. The number of carbonyl (C=O) groups is 2. The Hall–Kier alpha value is -2.44. The standard InChI is InChI=1S/C19H28N2O5/c1-5-6-7-8-21-12-13(9-17(21)22)19(23)20-14-10-15(24-2)18(26-4)16(11-14)25-3/h10-11,13H,5-9,12H2,1-4H3,(H,20,23). The van der Waals surface area contributed by atoms with Gasteiger partial charge in [-0.25, -0.2) is 0 Å². The lowest BCUT2D eigenvalue weighted by atomic mass is 10.1. The predicted octanol–water partition coefficient (Wildman–Crippen LogP) is 2.69. The maximum atomic E-state index is 12.6. The molecule has 1 heterocycles. The normalized spacial score (nSPS) is 16.5. The van der Waals surface area contributed by atoms with Crippen LogP contribution < -0.4 is 19.5 Å². The molecule has 1 N–H and O–H groups in total. The van der Waals surface area contributed by atoms with E-state index in [9.17, 15) is 9.59 Å². The van der Waals surface area contributed by atoms with Crippen LogP contribution in [-0.2, 0) is 9.59 Å². The van der Waals surface area contributed by atoms with Gasteiger partial charge in [0.25, 0.3) is 0 Å². The minimum absolute atomic E-state index is 0.0474. The molecule has 1 aliphatic rings. The first kappa shape index (κ1) is 19.9. The van der Waals surface area contributed by atoms with E-state index in [0.29, 0.717) is 29.5 Å². The van der Waals surface area contributed by atoms with Crippen LogP contribution in [0, 0.1) is 5.92 Å². The molecule has 0 bridgehead atoms. The molecule has 1 unspecified atom stereocenters. The van der Waals surface area contributed by atoms with Gasteiger partial charge in [-0.05, 0) is 6.42 Å². The number of rotatable bonds is 9. The van der Waals surface area contributed by atoms with Crippen molar-refractivity contribution in [1.82, 2.24) is 4.90 Å². The highest BCUT2D eigenvalue weighted by Gasteiger charge is 2.34. The van der Waals surface area contributed by atoms with Crippen LogP contribution in [0.1, 0.15) is 32.6 Å². The van der Waals surface area contributed by atoms with Gasteiger partial charge in [0, 0.05) is 37.3 Å². The largest absolute Gasteiger partial charge is 0.493 e. The lowest BCUT2D eigenvalue weighted by Gasteiger charge is -2.17. The summed E-state index contributed by atoms with van der Waals surface area (Å²) in [7, 11) is 4.56. The second kappa shape index (κ2) is 9.31. The second-order valence-electron chi connectivity index (χ2n) is 6.35. The van der Waals surface area contributed by atoms with E-state index in [1.54, 1.807) is 17.0 Å². The molecule has 1 aliphatic heterocycles. The first-order valence-corrected chi connectivity index (χ1v) is 8.92. The van der Waals surface area contributed by atoms with Gasteiger partial charge in [-0.15, -0.1) is 0 Å². The van der Waals surface area contributed by atoms with Gasteiger partial charge in [0.15, 0.2) is 11.5 Å². The number of methoxy groups -OCH3 is 3. The average molecular weight is 364 g/mol. The highest BCUT2D eigenvalue weighted by Crippen LogP contribution is 2.40. The van der Waals surface area contributed by atoms with Gasteiger partial charge < -0.3 is 24.4 Å². The Bertz CT molecular complexity index is 622. The number of likely N-dealkylation sites (tertiary alicyclic amines) is 1. The fraction of sp³-hybridized carbons (Fsp3) is 0.579. The number of carbonyl (C=O) groups excluding carboxylic acids is 2. The van der Waals surface area contributed by atoms with Gasteiger partial charge in [0.1, 0.15) is 0 Å². The minimum Gasteiger partial charge on any atom is -0.493 e. The van der Waals surface area contributed by atoms with Gasteiger partial charge in [-0.3, -0.25) is 9.59 Å². The van der Waals surface area contributed by atoms with Crippen LogP contribution in [0.25, 0.3) is 0 Å². The molecule has 0 aromatic heterocycles. The number of hydrogen-bond acceptors (Lipinski definition) is 5. The number of nitrogens with one attached hydrogen (secondary N) is 1. The van der Waals surface area contributed by atoms with E-state index in [-0.39, 0.29) is 24.2 Å². The summed E-state index contributed by atoms with van der Waals surface area (Å²) in [5, 5.41) is 2.86. The topological polar surface area (TPSA) is 77.1 Å². The van der Waals surface area contributed by atoms with E-state index in [1.165, 1.54) is 21.3 Å². The predicted molar refractivity (Wildman–Crippen MR) is 98.9 cm³/mol. The number of hydrogen-bond donors (Lipinski definition) is 1. The van der Waals surface area contributed by atoms with Crippen molar-refractivity contribution in [3.63, 3.8) is 0 Å². The molecular weight excluding hydrogens is 336 g/mol. The number of anilines is 1. The zero-order chi connectivity index (χ0) is 19.1. The third kappa shape index (κ3) is 4.59. The zero-order valence-corrected chi connectivity index (χ0v) is 16.0. The SMILES string of the molecule is CCCCCN1CC(C(=O)Nc2cc(OC)c(OC)c(OC)c2)CC1=O. The van der Waals surface area contributed by atoms with Gasteiger partial charge in [0.2, 0.25) is 17.6 Å². The quantitative estimate of drug-likeness (QED) is 0.682. The molecule has 26 heavy (non-hydrogen) atoms. The first-order valence-electron chi connectivity index (χ1n) is 8.92. The van der Waals surface area contributed by atoms with E-state index in [4.69, 9.17) is 14.2 Å². The molecular formula is C19H28N2O5. The number of nitrogens with zero attached hydrogens (tertiary/aromatic N) is 1. The molecule has 7 nitrogen and oxygen atoms in total. The van der Waals surface area contributed by atoms with Gasteiger partial charge in [-0.1, -0.05) is 19.8 Å². The van der Waals surface area contributed by atoms with Crippen LogP contribution in [0.15, 0.2) is 12.1 Å². The molecule has 0 spiro atoms. The molecule has 1 aromatic carbocycles. The van der Waals surface area contributed by atoms with Crippen LogP contribution in [-0.4, -0.2) is 51.1 Å². The van der Waals surface area contributed by atoms with Crippen molar-refractivity contribution in [3.8, 4) is 17.2 Å². The number of ether oxygens (including phenoxy) is 3. The van der Waals surface area contributed by atoms with Crippen molar-refractivity contribution in [2.75, 3.05) is 39.7 Å². The lowest BCUT2D eigenvalue weighted by molar-refractivity contribution is -0.128. The molecule has 1 aromatic rings. The van der Waals surface area contributed by atoms with Gasteiger partial charge >= 0.3 is 0 Å². The van der Waals surface area contributed by atoms with Crippen molar-refractivity contribution < 1.29 is 23.8 Å². The van der Waals surface area contributed by atoms with Crippen LogP contribution in [0.5, 0.6) is 17.2 Å². The first-order chi connectivity index (χ1) is 12.5. The summed E-state index contributed by atoms with van der Waals surface area (Å²) >= 11 is 0. The summed E-state index contributed by atoms with van der Waals surface area (Å²) in [6.07, 6.45) is 3.42. The molecule has 1 fully saturated rings. The average Bonchev–Trinajstić information content (AvgIpc) is 3.02. The van der Waals surface area contributed by atoms with E-state index >= 15 is 0 Å². The molecule has 0 aliphatic carbocycles. The van der Waals surface area contributed by atoms with Crippen LogP contribution >= 0.6 is 0 Å². The lowest BCUT2D eigenvalue weighted by Crippen LogP contribution is -2.29. The van der Waals surface area contributed by atoms with Crippen LogP contribution in [0.2, 0.25) is 0 Å². The molecule has 2 amide bonds. The number of unbranched alkanes of at least 4 members (excludes halogenated alkanes) is 2. The molecule has 2 rings (SSSR count). The van der Waals surface area contributed by atoms with Crippen molar-refractivity contribution in [1.29, 1.82) is 0 Å². The van der Waals surface area contributed by atoms with Gasteiger partial charge in [0.05, 0.1) is 27.2 Å². The zero-order valence-electron chi connectivity index (χ0n) is 16.0. The molecule has 1 saturated heterocycles. The smallest absolute Gasteiger partial charge is 0.229 e. The molecule has 0 radical (unpaired) electrons. The summed E-state index contributed by atoms with van der Waals surface area (Å²) in [6, 6.07) is 3.35. The van der Waals surface area contributed by atoms with E-state index in [2.05, 4.69) is 12.2 Å². The maximum absolute atomic E-state index is 12.6. The number of amides is 2. The van der Waals surface area contributed by atoms with Crippen molar-refractivity contribution in [2.45, 2.75) is 32.6 Å². The van der Waals surface area contributed by atoms with Crippen molar-refractivity contribution in [2.24, 2.45) is 5.92 Å². The Morgan fingerprint density at radius 1 is 1.15 bits per heavy atom. The molecule has 1 atom stereocenters. The Labute approximate surface area is 154 Å². The summed E-state index contributed by atoms with van der Waals surface area (Å²) < 4.78 is 15.9. The summed E-state index contributed by atoms with van der Waals surface area (Å²) in [4.78, 5) is 26.5. The van der Waals surface area contributed by atoms with E-state index in [1.807, 2.05) is 0 Å². The Balaban J connectivity index is 2.05. The monoisotopic (exact) mass is 364 g/mol. The minimum atomic E-state index is -0.344.